The van der Waals surface area contributed by atoms with Crippen LogP contribution in [0, 0.1) is 18.3 Å². The van der Waals surface area contributed by atoms with E-state index in [0.717, 1.165) is 53.4 Å². The molecule has 40 heavy (non-hydrogen) atoms. The first kappa shape index (κ1) is 28.5. The van der Waals surface area contributed by atoms with Gasteiger partial charge >= 0.3 is 0 Å². The number of rotatable bonds is 8. The molecule has 1 saturated heterocycles. The van der Waals surface area contributed by atoms with E-state index in [9.17, 15) is 5.26 Å². The fraction of sp³-hybridized carbons (Fsp3) is 0.333. The Kier molecular flexibility index (Phi) is 8.71. The second kappa shape index (κ2) is 12.2. The van der Waals surface area contributed by atoms with Crippen molar-refractivity contribution < 1.29 is 14.2 Å². The summed E-state index contributed by atoms with van der Waals surface area (Å²) in [5, 5.41) is 16.5. The highest BCUT2D eigenvalue weighted by molar-refractivity contribution is 14.1. The van der Waals surface area contributed by atoms with Crippen LogP contribution < -0.4 is 19.5 Å². The second-order valence-electron chi connectivity index (χ2n) is 9.89. The quantitative estimate of drug-likeness (QED) is 0.100. The number of ether oxygens (including phenoxy) is 3. The molecule has 1 fully saturated rings. The van der Waals surface area contributed by atoms with Gasteiger partial charge in [0.2, 0.25) is 0 Å². The maximum atomic E-state index is 9.90. The van der Waals surface area contributed by atoms with Crippen LogP contribution in [0.4, 0.5) is 11.4 Å². The van der Waals surface area contributed by atoms with E-state index in [1.54, 1.807) is 20.4 Å². The summed E-state index contributed by atoms with van der Waals surface area (Å²) in [6, 6.07) is 13.9. The zero-order chi connectivity index (χ0) is 28.4. The third-order valence-corrected chi connectivity index (χ3v) is 8.73. The number of hydrogen-bond acceptors (Lipinski definition) is 8. The topological polar surface area (TPSA) is 82.9 Å². The van der Waals surface area contributed by atoms with Crippen molar-refractivity contribution in [3.63, 3.8) is 0 Å². The van der Waals surface area contributed by atoms with Crippen LogP contribution in [0.15, 0.2) is 42.6 Å². The van der Waals surface area contributed by atoms with Gasteiger partial charge in [0.15, 0.2) is 11.5 Å². The molecule has 1 unspecified atom stereocenters. The Labute approximate surface area is 252 Å². The number of benzene rings is 3. The average Bonchev–Trinajstić information content (AvgIpc) is 2.94. The van der Waals surface area contributed by atoms with Crippen molar-refractivity contribution in [1.29, 1.82) is 5.26 Å². The zero-order valence-electron chi connectivity index (χ0n) is 22.9. The lowest BCUT2D eigenvalue weighted by Crippen LogP contribution is -2.50. The largest absolute Gasteiger partial charge is 0.496 e. The Hall–Kier alpha value is -3.04. The van der Waals surface area contributed by atoms with Crippen LogP contribution in [0.25, 0.3) is 21.7 Å². The van der Waals surface area contributed by atoms with Crippen molar-refractivity contribution in [2.24, 2.45) is 0 Å². The Balaban J connectivity index is 1.50. The predicted molar refractivity (Wildman–Crippen MR) is 169 cm³/mol. The number of halogens is 2. The molecule has 0 spiro atoms. The highest BCUT2D eigenvalue weighted by atomic mass is 127. The summed E-state index contributed by atoms with van der Waals surface area (Å²) >= 11 is 9.07. The number of fused-ring (bicyclic) bond motifs is 2. The molecule has 0 aliphatic carbocycles. The molecule has 2 heterocycles. The first-order valence-corrected chi connectivity index (χ1v) is 14.6. The van der Waals surface area contributed by atoms with E-state index in [1.807, 2.05) is 43.3 Å². The van der Waals surface area contributed by atoms with Crippen LogP contribution in [-0.4, -0.2) is 72.9 Å². The van der Waals surface area contributed by atoms with Gasteiger partial charge in [0.1, 0.15) is 18.4 Å². The molecule has 1 aliphatic heterocycles. The maximum absolute atomic E-state index is 9.90. The third kappa shape index (κ3) is 5.86. The number of aromatic nitrogens is 1. The minimum atomic E-state index is 0.410. The Morgan fingerprint density at radius 1 is 1.07 bits per heavy atom. The molecule has 0 amide bonds. The zero-order valence-corrected chi connectivity index (χ0v) is 25.8. The van der Waals surface area contributed by atoms with Crippen molar-refractivity contribution >= 4 is 67.2 Å². The molecule has 3 aromatic carbocycles. The van der Waals surface area contributed by atoms with Gasteiger partial charge in [-0.15, -0.1) is 0 Å². The van der Waals surface area contributed by atoms with Gasteiger partial charge in [-0.3, -0.25) is 9.88 Å². The van der Waals surface area contributed by atoms with Crippen LogP contribution in [0.1, 0.15) is 11.1 Å². The number of anilines is 2. The van der Waals surface area contributed by atoms with E-state index in [4.69, 9.17) is 25.8 Å². The molecular formula is C30H31ClIN5O3. The third-order valence-electron chi connectivity index (χ3n) is 7.24. The van der Waals surface area contributed by atoms with Gasteiger partial charge in [-0.05, 0) is 60.6 Å². The number of hydrogen-bond donors (Lipinski definition) is 1. The van der Waals surface area contributed by atoms with Crippen molar-refractivity contribution in [2.75, 3.05) is 59.4 Å². The summed E-state index contributed by atoms with van der Waals surface area (Å²) in [4.78, 5) is 9.36. The van der Waals surface area contributed by atoms with Crippen molar-refractivity contribution in [1.82, 2.24) is 14.8 Å². The van der Waals surface area contributed by atoms with Crippen LogP contribution in [0.5, 0.6) is 17.2 Å². The number of alkyl halides is 1. The second-order valence-corrected chi connectivity index (χ2v) is 11.7. The lowest BCUT2D eigenvalue weighted by Gasteiger charge is -2.36. The van der Waals surface area contributed by atoms with Gasteiger partial charge in [0, 0.05) is 43.8 Å². The number of nitrogens with one attached hydrogen (secondary N) is 1. The molecule has 1 atom stereocenters. The van der Waals surface area contributed by atoms with Crippen LogP contribution in [0.3, 0.4) is 0 Å². The van der Waals surface area contributed by atoms with Crippen LogP contribution >= 0.6 is 34.2 Å². The number of likely N-dealkylation sites (N-methyl/N-ethyl adjacent to an activating group) is 1. The van der Waals surface area contributed by atoms with Gasteiger partial charge in [-0.1, -0.05) is 34.2 Å². The summed E-state index contributed by atoms with van der Waals surface area (Å²) in [5.41, 5.74) is 3.34. The summed E-state index contributed by atoms with van der Waals surface area (Å²) in [5.74, 6) is 2.05. The summed E-state index contributed by atoms with van der Waals surface area (Å²) < 4.78 is 17.9. The van der Waals surface area contributed by atoms with Crippen molar-refractivity contribution in [3.8, 4) is 23.3 Å². The summed E-state index contributed by atoms with van der Waals surface area (Å²) in [7, 11) is 5.43. The Morgan fingerprint density at radius 3 is 2.55 bits per heavy atom. The van der Waals surface area contributed by atoms with Gasteiger partial charge in [-0.2, -0.15) is 5.26 Å². The van der Waals surface area contributed by atoms with Crippen LogP contribution in [-0.2, 0) is 0 Å². The molecule has 10 heteroatoms. The normalized spacial score (nSPS) is 16.2. The molecule has 0 radical (unpaired) electrons. The van der Waals surface area contributed by atoms with Gasteiger partial charge < -0.3 is 24.4 Å². The number of piperazine rings is 1. The lowest BCUT2D eigenvalue weighted by atomic mass is 10.0. The molecule has 0 saturated carbocycles. The highest BCUT2D eigenvalue weighted by Gasteiger charge is 2.22. The standard InChI is InChI=1S/C30H31ClIN5O3/c1-18-9-23(31)25(14-26(18)38-3)35-30-21(15-33)16-34-24-11-20-12-27(39-4)28(13-19(20)10-22(24)30)40-8-7-37-6-5-36(2)17-29(37)32/h9-14,16,29H,5-8,17H2,1-4H3,(H,34,35). The molecule has 1 N–H and O–H groups in total. The maximum Gasteiger partial charge on any atom is 0.161 e. The lowest BCUT2D eigenvalue weighted by molar-refractivity contribution is 0.124. The first-order valence-electron chi connectivity index (χ1n) is 13.0. The van der Waals surface area contributed by atoms with E-state index >= 15 is 0 Å². The van der Waals surface area contributed by atoms with E-state index < -0.39 is 0 Å². The molecule has 1 aliphatic rings. The number of methoxy groups -OCH3 is 2. The predicted octanol–water partition coefficient (Wildman–Crippen LogP) is 6.37. The molecule has 4 aromatic rings. The summed E-state index contributed by atoms with van der Waals surface area (Å²) in [6.45, 7) is 6.45. The minimum Gasteiger partial charge on any atom is -0.496 e. The van der Waals surface area contributed by atoms with Crippen molar-refractivity contribution in [3.05, 3.63) is 58.7 Å². The molecule has 8 nitrogen and oxygen atoms in total. The van der Waals surface area contributed by atoms with Crippen molar-refractivity contribution in [2.45, 2.75) is 11.0 Å². The molecule has 208 valence electrons. The minimum absolute atomic E-state index is 0.410. The van der Waals surface area contributed by atoms with Gasteiger partial charge in [0.05, 0.1) is 45.7 Å². The molecule has 5 rings (SSSR count). The SMILES string of the molecule is COc1cc(Nc2c(C#N)cnc3cc4cc(OC)c(OCCN5CCN(C)CC5I)cc4cc23)c(Cl)cc1C. The number of aryl methyl sites for hydroxylation is 1. The van der Waals surface area contributed by atoms with Gasteiger partial charge in [-0.25, -0.2) is 0 Å². The Morgan fingerprint density at radius 2 is 1.82 bits per heavy atom. The highest BCUT2D eigenvalue weighted by Crippen LogP contribution is 2.39. The molecule has 1 aromatic heterocycles. The van der Waals surface area contributed by atoms with Crippen LogP contribution in [0.2, 0.25) is 5.02 Å². The van der Waals surface area contributed by atoms with E-state index in [-0.39, 0.29) is 0 Å². The summed E-state index contributed by atoms with van der Waals surface area (Å²) in [6.07, 6.45) is 1.57. The Bertz CT molecular complexity index is 1610. The van der Waals surface area contributed by atoms with E-state index in [1.165, 1.54) is 0 Å². The number of nitrogens with zero attached hydrogens (tertiary/aromatic N) is 4. The van der Waals surface area contributed by atoms with E-state index in [0.29, 0.717) is 49.9 Å². The smallest absolute Gasteiger partial charge is 0.161 e. The molecular weight excluding hydrogens is 641 g/mol. The average molecular weight is 672 g/mol. The van der Waals surface area contributed by atoms with E-state index in [2.05, 4.69) is 55.8 Å². The number of pyridine rings is 1. The fourth-order valence-electron chi connectivity index (χ4n) is 4.97. The fourth-order valence-corrected chi connectivity index (χ4v) is 6.46. The number of nitriles is 1. The van der Waals surface area contributed by atoms with Gasteiger partial charge in [0.25, 0.3) is 0 Å². The monoisotopic (exact) mass is 671 g/mol. The molecule has 0 bridgehead atoms. The first-order chi connectivity index (χ1) is 19.3.